The summed E-state index contributed by atoms with van der Waals surface area (Å²) in [6, 6.07) is 20.8. The molecular formula is C24H18F2N4O4. The van der Waals surface area contributed by atoms with E-state index in [-0.39, 0.29) is 23.8 Å². The van der Waals surface area contributed by atoms with Crippen LogP contribution in [0.5, 0.6) is 5.75 Å². The number of nitro groups is 1. The number of aromatic nitrogens is 2. The number of anilines is 1. The van der Waals surface area contributed by atoms with Crippen LogP contribution in [0, 0.1) is 10.1 Å². The molecule has 0 fully saturated rings. The van der Waals surface area contributed by atoms with Gasteiger partial charge in [-0.1, -0.05) is 18.2 Å². The molecule has 0 bridgehead atoms. The highest BCUT2D eigenvalue weighted by molar-refractivity contribution is 5.93. The number of alkyl halides is 2. The van der Waals surface area contributed by atoms with Crippen molar-refractivity contribution in [2.75, 3.05) is 5.32 Å². The standard InChI is InChI=1S/C24H18F2N4O4/c25-24(26)34-21-12-8-18(9-13-21)27-22(31)14-17-15-29(19-4-2-1-3-5-19)28-23(17)16-6-10-20(11-7-16)30(32)33/h1-13,15,24H,14H2,(H,27,31). The van der Waals surface area contributed by atoms with Crippen molar-refractivity contribution in [3.8, 4) is 22.7 Å². The lowest BCUT2D eigenvalue weighted by atomic mass is 10.1. The zero-order valence-corrected chi connectivity index (χ0v) is 17.6. The van der Waals surface area contributed by atoms with Crippen LogP contribution in [0.25, 0.3) is 16.9 Å². The third kappa shape index (κ3) is 5.41. The average Bonchev–Trinajstić information content (AvgIpc) is 3.24. The normalized spacial score (nSPS) is 10.8. The molecule has 0 spiro atoms. The van der Waals surface area contributed by atoms with E-state index in [1.807, 2.05) is 30.3 Å². The lowest BCUT2D eigenvalue weighted by Crippen LogP contribution is -2.14. The van der Waals surface area contributed by atoms with Gasteiger partial charge in [0.15, 0.2) is 0 Å². The first kappa shape index (κ1) is 22.6. The number of non-ortho nitro benzene ring substituents is 1. The fourth-order valence-corrected chi connectivity index (χ4v) is 3.33. The molecule has 0 unspecified atom stereocenters. The minimum absolute atomic E-state index is 0.0161. The summed E-state index contributed by atoms with van der Waals surface area (Å²) in [5.74, 6) is -0.365. The van der Waals surface area contributed by atoms with Gasteiger partial charge in [-0.2, -0.15) is 13.9 Å². The lowest BCUT2D eigenvalue weighted by molar-refractivity contribution is -0.384. The van der Waals surface area contributed by atoms with Gasteiger partial charge in [0.2, 0.25) is 5.91 Å². The first-order valence-electron chi connectivity index (χ1n) is 10.1. The van der Waals surface area contributed by atoms with Gasteiger partial charge in [0.05, 0.1) is 22.7 Å². The van der Waals surface area contributed by atoms with Crippen LogP contribution < -0.4 is 10.1 Å². The quantitative estimate of drug-likeness (QED) is 0.284. The topological polar surface area (TPSA) is 99.3 Å². The molecule has 3 aromatic carbocycles. The Bertz CT molecular complexity index is 1290. The van der Waals surface area contributed by atoms with Crippen molar-refractivity contribution in [2.45, 2.75) is 13.0 Å². The second-order valence-electron chi connectivity index (χ2n) is 7.21. The Balaban J connectivity index is 1.58. The predicted molar refractivity (Wildman–Crippen MR) is 121 cm³/mol. The maximum absolute atomic E-state index is 12.7. The number of halogens is 2. The van der Waals surface area contributed by atoms with Crippen molar-refractivity contribution in [3.63, 3.8) is 0 Å². The van der Waals surface area contributed by atoms with E-state index in [0.717, 1.165) is 5.69 Å². The summed E-state index contributed by atoms with van der Waals surface area (Å²) >= 11 is 0. The number of hydrogen-bond donors (Lipinski definition) is 1. The number of para-hydroxylation sites is 1. The molecule has 4 rings (SSSR count). The number of hydrogen-bond acceptors (Lipinski definition) is 5. The molecule has 0 aliphatic heterocycles. The Hall–Kier alpha value is -4.60. The number of carbonyl (C=O) groups is 1. The van der Waals surface area contributed by atoms with Crippen LogP contribution in [-0.2, 0) is 11.2 Å². The molecule has 0 saturated carbocycles. The van der Waals surface area contributed by atoms with Gasteiger partial charge in [0, 0.05) is 35.1 Å². The number of rotatable bonds is 8. The van der Waals surface area contributed by atoms with Crippen molar-refractivity contribution in [3.05, 3.63) is 101 Å². The smallest absolute Gasteiger partial charge is 0.387 e. The summed E-state index contributed by atoms with van der Waals surface area (Å²) in [4.78, 5) is 23.2. The Labute approximate surface area is 192 Å². The average molecular weight is 464 g/mol. The van der Waals surface area contributed by atoms with E-state index in [1.165, 1.54) is 36.4 Å². The molecule has 34 heavy (non-hydrogen) atoms. The maximum atomic E-state index is 12.7. The number of amides is 1. The van der Waals surface area contributed by atoms with Gasteiger partial charge in [-0.3, -0.25) is 14.9 Å². The summed E-state index contributed by atoms with van der Waals surface area (Å²) in [5.41, 5.74) is 2.88. The fraction of sp³-hybridized carbons (Fsp3) is 0.0833. The largest absolute Gasteiger partial charge is 0.435 e. The van der Waals surface area contributed by atoms with Crippen molar-refractivity contribution in [2.24, 2.45) is 0 Å². The SMILES string of the molecule is O=C(Cc1cn(-c2ccccc2)nc1-c1ccc([N+](=O)[O-])cc1)Nc1ccc(OC(F)F)cc1. The van der Waals surface area contributed by atoms with E-state index in [0.29, 0.717) is 22.5 Å². The number of benzene rings is 3. The zero-order chi connectivity index (χ0) is 24.1. The van der Waals surface area contributed by atoms with E-state index in [1.54, 1.807) is 23.0 Å². The summed E-state index contributed by atoms with van der Waals surface area (Å²) in [5, 5.41) is 18.3. The van der Waals surface area contributed by atoms with Crippen molar-refractivity contribution < 1.29 is 23.2 Å². The van der Waals surface area contributed by atoms with Crippen molar-refractivity contribution in [1.82, 2.24) is 9.78 Å². The molecule has 1 N–H and O–H groups in total. The molecule has 4 aromatic rings. The molecule has 1 aromatic heterocycles. The third-order valence-electron chi connectivity index (χ3n) is 4.88. The fourth-order valence-electron chi connectivity index (χ4n) is 3.33. The molecule has 1 amide bonds. The molecule has 0 saturated heterocycles. The van der Waals surface area contributed by atoms with E-state index in [4.69, 9.17) is 0 Å². The number of ether oxygens (including phenoxy) is 1. The van der Waals surface area contributed by atoms with Gasteiger partial charge in [-0.15, -0.1) is 0 Å². The van der Waals surface area contributed by atoms with Gasteiger partial charge >= 0.3 is 6.61 Å². The maximum Gasteiger partial charge on any atom is 0.387 e. The van der Waals surface area contributed by atoms with Crippen LogP contribution in [-0.4, -0.2) is 27.2 Å². The van der Waals surface area contributed by atoms with Gasteiger partial charge in [0.25, 0.3) is 5.69 Å². The zero-order valence-electron chi connectivity index (χ0n) is 17.6. The van der Waals surface area contributed by atoms with E-state index >= 15 is 0 Å². The first-order chi connectivity index (χ1) is 16.4. The molecule has 0 aliphatic rings. The predicted octanol–water partition coefficient (Wildman–Crippen LogP) is 5.23. The van der Waals surface area contributed by atoms with Crippen LogP contribution in [0.2, 0.25) is 0 Å². The van der Waals surface area contributed by atoms with Gasteiger partial charge in [0.1, 0.15) is 5.75 Å². The van der Waals surface area contributed by atoms with E-state index < -0.39 is 11.5 Å². The van der Waals surface area contributed by atoms with Gasteiger partial charge in [-0.05, 0) is 48.5 Å². The Morgan fingerprint density at radius 1 is 1.03 bits per heavy atom. The van der Waals surface area contributed by atoms with Crippen LogP contribution in [0.3, 0.4) is 0 Å². The second-order valence-corrected chi connectivity index (χ2v) is 7.21. The number of nitrogens with one attached hydrogen (secondary N) is 1. The van der Waals surface area contributed by atoms with Crippen LogP contribution in [0.1, 0.15) is 5.56 Å². The van der Waals surface area contributed by atoms with Crippen LogP contribution in [0.4, 0.5) is 20.2 Å². The molecule has 10 heteroatoms. The monoisotopic (exact) mass is 464 g/mol. The highest BCUT2D eigenvalue weighted by Crippen LogP contribution is 2.27. The molecule has 172 valence electrons. The Kier molecular flexibility index (Phi) is 6.58. The Morgan fingerprint density at radius 3 is 2.32 bits per heavy atom. The number of nitrogens with zero attached hydrogens (tertiary/aromatic N) is 3. The highest BCUT2D eigenvalue weighted by Gasteiger charge is 2.17. The number of nitro benzene ring substituents is 1. The summed E-state index contributed by atoms with van der Waals surface area (Å²) in [6.07, 6.45) is 1.69. The third-order valence-corrected chi connectivity index (χ3v) is 4.88. The molecule has 0 radical (unpaired) electrons. The van der Waals surface area contributed by atoms with Crippen LogP contribution >= 0.6 is 0 Å². The molecule has 8 nitrogen and oxygen atoms in total. The first-order valence-corrected chi connectivity index (χ1v) is 10.1. The molecule has 0 aliphatic carbocycles. The number of carbonyl (C=O) groups excluding carboxylic acids is 1. The van der Waals surface area contributed by atoms with Crippen LogP contribution in [0.15, 0.2) is 85.1 Å². The summed E-state index contributed by atoms with van der Waals surface area (Å²) in [6.45, 7) is -2.93. The molecule has 1 heterocycles. The minimum atomic E-state index is -2.93. The summed E-state index contributed by atoms with van der Waals surface area (Å²) < 4.78 is 30.5. The lowest BCUT2D eigenvalue weighted by Gasteiger charge is -2.08. The Morgan fingerprint density at radius 2 is 1.71 bits per heavy atom. The second kappa shape index (κ2) is 9.90. The summed E-state index contributed by atoms with van der Waals surface area (Å²) in [7, 11) is 0. The van der Waals surface area contributed by atoms with E-state index in [2.05, 4.69) is 15.2 Å². The minimum Gasteiger partial charge on any atom is -0.435 e. The molecular weight excluding hydrogens is 446 g/mol. The van der Waals surface area contributed by atoms with Crippen molar-refractivity contribution in [1.29, 1.82) is 0 Å². The van der Waals surface area contributed by atoms with Gasteiger partial charge < -0.3 is 10.1 Å². The van der Waals surface area contributed by atoms with E-state index in [9.17, 15) is 23.7 Å². The molecule has 0 atom stereocenters. The van der Waals surface area contributed by atoms with Gasteiger partial charge in [-0.25, -0.2) is 4.68 Å². The van der Waals surface area contributed by atoms with Crippen molar-refractivity contribution >= 4 is 17.3 Å². The highest BCUT2D eigenvalue weighted by atomic mass is 19.3.